The van der Waals surface area contributed by atoms with Crippen LogP contribution in [0.3, 0.4) is 0 Å². The first kappa shape index (κ1) is 7.44. The van der Waals surface area contributed by atoms with E-state index in [4.69, 9.17) is 0 Å². The summed E-state index contributed by atoms with van der Waals surface area (Å²) in [6.07, 6.45) is 0. The second-order valence-corrected chi connectivity index (χ2v) is 1.79. The molecule has 0 aliphatic rings. The summed E-state index contributed by atoms with van der Waals surface area (Å²) >= 11 is 0. The van der Waals surface area contributed by atoms with Crippen LogP contribution in [-0.4, -0.2) is 22.1 Å². The molecule has 0 saturated carbocycles. The van der Waals surface area contributed by atoms with Gasteiger partial charge in [-0.15, -0.1) is 4.83 Å². The number of hydrogen-bond donors (Lipinski definition) is 3. The standard InChI is InChI=1S/CH5BN2O3S/c2-1(5)3-4-8(6)7/h8H,2H2,(H,3,5)(H,4,6,7). The summed E-state index contributed by atoms with van der Waals surface area (Å²) in [5.41, 5.74) is 1.86. The van der Waals surface area contributed by atoms with Gasteiger partial charge >= 0.3 is 0 Å². The van der Waals surface area contributed by atoms with Gasteiger partial charge in [-0.3, -0.25) is 10.2 Å². The van der Waals surface area contributed by atoms with Crippen molar-refractivity contribution in [2.45, 2.75) is 0 Å². The fraction of sp³-hybridized carbons (Fsp3) is 0. The molecule has 0 aromatic carbocycles. The molecule has 0 aromatic rings. The van der Waals surface area contributed by atoms with Gasteiger partial charge in [0, 0.05) is 0 Å². The first-order valence-electron chi connectivity index (χ1n) is 1.79. The smallest absolute Gasteiger partial charge is 0.218 e. The van der Waals surface area contributed by atoms with Crippen LogP contribution in [0.15, 0.2) is 0 Å². The van der Waals surface area contributed by atoms with E-state index >= 15 is 0 Å². The summed E-state index contributed by atoms with van der Waals surface area (Å²) in [4.78, 5) is 11.6. The lowest BCUT2D eigenvalue weighted by Gasteiger charge is -1.92. The van der Waals surface area contributed by atoms with Crippen LogP contribution < -0.4 is 10.3 Å². The highest BCUT2D eigenvalue weighted by Gasteiger charge is 1.85. The average Bonchev–Trinajstić information content (AvgIpc) is 1.61. The number of rotatable bonds is 2. The van der Waals surface area contributed by atoms with Gasteiger partial charge in [0.05, 0.1) is 0 Å². The SMILES string of the molecule is BC(=O)NN[SH](=O)=O. The zero-order chi connectivity index (χ0) is 6.57. The molecule has 0 aromatic heterocycles. The minimum atomic E-state index is -2.71. The molecule has 0 fully saturated rings. The lowest BCUT2D eigenvalue weighted by atomic mass is 10.1. The van der Waals surface area contributed by atoms with E-state index in [0.717, 1.165) is 0 Å². The first-order chi connectivity index (χ1) is 3.63. The highest BCUT2D eigenvalue weighted by molar-refractivity contribution is 7.70. The number of carbonyl (C=O) groups is 1. The van der Waals surface area contributed by atoms with Crippen molar-refractivity contribution in [2.75, 3.05) is 0 Å². The van der Waals surface area contributed by atoms with Crippen molar-refractivity contribution in [3.63, 3.8) is 0 Å². The fourth-order valence-electron chi connectivity index (χ4n) is 0.124. The molecule has 0 aliphatic heterocycles. The van der Waals surface area contributed by atoms with Crippen LogP contribution in [0.4, 0.5) is 4.79 Å². The Morgan fingerprint density at radius 2 is 2.00 bits per heavy atom. The van der Waals surface area contributed by atoms with Crippen molar-refractivity contribution >= 4 is 24.5 Å². The highest BCUT2D eigenvalue weighted by Crippen LogP contribution is 1.50. The molecule has 5 nitrogen and oxygen atoms in total. The topological polar surface area (TPSA) is 75.3 Å². The van der Waals surface area contributed by atoms with Crippen LogP contribution in [0.1, 0.15) is 0 Å². The molecule has 0 spiro atoms. The Hall–Kier alpha value is -0.555. The van der Waals surface area contributed by atoms with Crippen LogP contribution in [0, 0.1) is 0 Å². The Kier molecular flexibility index (Phi) is 3.21. The largest absolute Gasteiger partial charge is 0.288 e. The quantitative estimate of drug-likeness (QED) is 0.220. The van der Waals surface area contributed by atoms with Gasteiger partial charge in [-0.05, 0) is 0 Å². The van der Waals surface area contributed by atoms with E-state index in [1.54, 1.807) is 4.83 Å². The summed E-state index contributed by atoms with van der Waals surface area (Å²) in [6, 6.07) is 0. The van der Waals surface area contributed by atoms with Crippen molar-refractivity contribution < 1.29 is 13.2 Å². The molecule has 0 radical (unpaired) electrons. The van der Waals surface area contributed by atoms with Gasteiger partial charge in [0.1, 0.15) is 0 Å². The number of carbonyl (C=O) groups excluding carboxylic acids is 1. The third-order valence-electron chi connectivity index (χ3n) is 0.323. The number of thiol groups is 1. The molecule has 0 bridgehead atoms. The molecular formula is CH5BN2O3S. The molecule has 2 N–H and O–H groups in total. The monoisotopic (exact) mass is 136 g/mol. The van der Waals surface area contributed by atoms with Crippen molar-refractivity contribution in [3.05, 3.63) is 0 Å². The van der Waals surface area contributed by atoms with Gasteiger partial charge < -0.3 is 0 Å². The molecule has 0 unspecified atom stereocenters. The van der Waals surface area contributed by atoms with Crippen LogP contribution in [0.25, 0.3) is 0 Å². The Bertz CT molecular complexity index is 145. The van der Waals surface area contributed by atoms with Gasteiger partial charge in [-0.1, -0.05) is 0 Å². The maximum atomic E-state index is 9.91. The Balaban J connectivity index is 3.32. The predicted octanol–water partition coefficient (Wildman–Crippen LogP) is -2.64. The van der Waals surface area contributed by atoms with Crippen LogP contribution in [0.5, 0.6) is 0 Å². The molecule has 0 rings (SSSR count). The third kappa shape index (κ3) is 5.44. The first-order valence-corrected chi connectivity index (χ1v) is 2.97. The van der Waals surface area contributed by atoms with Crippen LogP contribution in [0.2, 0.25) is 0 Å². The molecular weight excluding hydrogens is 131 g/mol. The normalized spacial score (nSPS) is 9.12. The Morgan fingerprint density at radius 3 is 2.12 bits per heavy atom. The van der Waals surface area contributed by atoms with Crippen LogP contribution in [-0.2, 0) is 10.9 Å². The van der Waals surface area contributed by atoms with E-state index in [9.17, 15) is 13.2 Å². The van der Waals surface area contributed by atoms with Gasteiger partial charge in [0.15, 0.2) is 5.81 Å². The molecule has 7 heteroatoms. The lowest BCUT2D eigenvalue weighted by molar-refractivity contribution is 0.258. The van der Waals surface area contributed by atoms with Crippen molar-refractivity contribution in [2.24, 2.45) is 0 Å². The van der Waals surface area contributed by atoms with E-state index in [2.05, 4.69) is 0 Å². The summed E-state index contributed by atoms with van der Waals surface area (Å²) in [5, 5.41) is 0. The average molecular weight is 136 g/mol. The molecule has 8 heavy (non-hydrogen) atoms. The fourth-order valence-corrected chi connectivity index (χ4v) is 0.373. The van der Waals surface area contributed by atoms with Gasteiger partial charge in [0.25, 0.3) is 0 Å². The molecule has 46 valence electrons. The van der Waals surface area contributed by atoms with Crippen LogP contribution >= 0.6 is 0 Å². The number of hydrogen-bond acceptors (Lipinski definition) is 3. The second kappa shape index (κ2) is 3.45. The zero-order valence-corrected chi connectivity index (χ0v) is 5.07. The van der Waals surface area contributed by atoms with E-state index < -0.39 is 16.7 Å². The summed E-state index contributed by atoms with van der Waals surface area (Å²) in [7, 11) is -1.51. The minimum absolute atomic E-state index is 0.441. The maximum absolute atomic E-state index is 9.91. The van der Waals surface area contributed by atoms with Gasteiger partial charge in [0.2, 0.25) is 18.7 Å². The van der Waals surface area contributed by atoms with E-state index in [0.29, 0.717) is 0 Å². The summed E-state index contributed by atoms with van der Waals surface area (Å²) in [6.45, 7) is 0. The Labute approximate surface area is 48.9 Å². The van der Waals surface area contributed by atoms with E-state index in [1.165, 1.54) is 7.85 Å². The van der Waals surface area contributed by atoms with Gasteiger partial charge in [-0.25, -0.2) is 8.42 Å². The summed E-state index contributed by atoms with van der Waals surface area (Å²) < 4.78 is 19.2. The molecule has 0 aliphatic carbocycles. The Morgan fingerprint density at radius 1 is 1.50 bits per heavy atom. The third-order valence-corrected chi connectivity index (χ3v) is 0.618. The molecule has 0 saturated heterocycles. The maximum Gasteiger partial charge on any atom is 0.218 e. The highest BCUT2D eigenvalue weighted by atomic mass is 32.2. The van der Waals surface area contributed by atoms with Crippen molar-refractivity contribution in [1.82, 2.24) is 10.3 Å². The predicted molar refractivity (Wildman–Crippen MR) is 30.5 cm³/mol. The lowest BCUT2D eigenvalue weighted by Crippen LogP contribution is -2.35. The van der Waals surface area contributed by atoms with Gasteiger partial charge in [-0.2, -0.15) is 0 Å². The van der Waals surface area contributed by atoms with E-state index in [1.807, 2.05) is 5.43 Å². The van der Waals surface area contributed by atoms with Crippen molar-refractivity contribution in [1.29, 1.82) is 0 Å². The van der Waals surface area contributed by atoms with Crippen molar-refractivity contribution in [3.8, 4) is 0 Å². The molecule has 0 heterocycles. The number of amides is 1. The minimum Gasteiger partial charge on any atom is -0.288 e. The molecule has 1 amide bonds. The molecule has 0 atom stereocenters. The second-order valence-electron chi connectivity index (χ2n) is 1.05. The zero-order valence-electron chi connectivity index (χ0n) is 4.17. The number of nitrogens with one attached hydrogen (secondary N) is 2. The number of hydrazine groups is 1. The summed E-state index contributed by atoms with van der Waals surface area (Å²) in [5.74, 6) is -0.441. The van der Waals surface area contributed by atoms with E-state index in [-0.39, 0.29) is 0 Å².